The molecule has 0 saturated heterocycles. The quantitative estimate of drug-likeness (QED) is 0.660. The van der Waals surface area contributed by atoms with Crippen LogP contribution in [0.3, 0.4) is 0 Å². The maximum Gasteiger partial charge on any atom is 0.338 e. The molecule has 156 valence electrons. The Labute approximate surface area is 169 Å². The van der Waals surface area contributed by atoms with Crippen LogP contribution in [0.4, 0.5) is 10.1 Å². The van der Waals surface area contributed by atoms with Crippen molar-refractivity contribution in [1.29, 1.82) is 0 Å². The minimum absolute atomic E-state index is 0.0104. The van der Waals surface area contributed by atoms with E-state index in [9.17, 15) is 22.4 Å². The smallest absolute Gasteiger partial charge is 0.338 e. The Morgan fingerprint density at radius 3 is 2.38 bits per heavy atom. The van der Waals surface area contributed by atoms with Gasteiger partial charge in [0.05, 0.1) is 16.1 Å². The highest BCUT2D eigenvalue weighted by molar-refractivity contribution is 7.89. The van der Waals surface area contributed by atoms with Gasteiger partial charge in [0.2, 0.25) is 10.0 Å². The molecule has 0 aliphatic heterocycles. The van der Waals surface area contributed by atoms with Gasteiger partial charge < -0.3 is 10.1 Å². The van der Waals surface area contributed by atoms with E-state index in [0.29, 0.717) is 13.1 Å². The van der Waals surface area contributed by atoms with Crippen molar-refractivity contribution in [2.75, 3.05) is 18.4 Å². The number of nitrogens with zero attached hydrogens (tertiary/aromatic N) is 1. The number of carbonyl (C=O) groups is 2. The van der Waals surface area contributed by atoms with E-state index in [2.05, 4.69) is 5.32 Å². The average molecular weight is 422 g/mol. The molecule has 7 nitrogen and oxygen atoms in total. The summed E-state index contributed by atoms with van der Waals surface area (Å²) in [5, 5.41) is 2.34. The second kappa shape index (κ2) is 9.62. The van der Waals surface area contributed by atoms with E-state index in [0.717, 1.165) is 0 Å². The zero-order chi connectivity index (χ0) is 21.6. The van der Waals surface area contributed by atoms with Gasteiger partial charge in [-0.3, -0.25) is 4.79 Å². The first-order valence-corrected chi connectivity index (χ1v) is 10.5. The number of amides is 1. The van der Waals surface area contributed by atoms with Crippen LogP contribution >= 0.6 is 0 Å². The van der Waals surface area contributed by atoms with Gasteiger partial charge >= 0.3 is 5.97 Å². The molecule has 0 saturated carbocycles. The van der Waals surface area contributed by atoms with E-state index < -0.39 is 33.8 Å². The van der Waals surface area contributed by atoms with Crippen molar-refractivity contribution >= 4 is 27.6 Å². The zero-order valence-corrected chi connectivity index (χ0v) is 17.2. The molecule has 9 heteroatoms. The lowest BCUT2D eigenvalue weighted by molar-refractivity contribution is -0.123. The topological polar surface area (TPSA) is 92.8 Å². The zero-order valence-electron chi connectivity index (χ0n) is 16.4. The second-order valence-electron chi connectivity index (χ2n) is 6.13. The summed E-state index contributed by atoms with van der Waals surface area (Å²) in [4.78, 5) is 24.5. The van der Waals surface area contributed by atoms with Crippen LogP contribution in [0.2, 0.25) is 0 Å². The second-order valence-corrected chi connectivity index (χ2v) is 8.07. The average Bonchev–Trinajstić information content (AvgIpc) is 2.70. The number of ether oxygens (including phenoxy) is 1. The largest absolute Gasteiger partial charge is 0.449 e. The van der Waals surface area contributed by atoms with E-state index in [1.807, 2.05) is 0 Å². The molecule has 0 spiro atoms. The van der Waals surface area contributed by atoms with Crippen LogP contribution in [0.5, 0.6) is 0 Å². The van der Waals surface area contributed by atoms with Crippen LogP contribution in [0, 0.1) is 5.82 Å². The summed E-state index contributed by atoms with van der Waals surface area (Å²) >= 11 is 0. The van der Waals surface area contributed by atoms with E-state index >= 15 is 0 Å². The molecule has 1 atom stereocenters. The van der Waals surface area contributed by atoms with Crippen LogP contribution in [0.25, 0.3) is 0 Å². The fourth-order valence-corrected chi connectivity index (χ4v) is 4.08. The third kappa shape index (κ3) is 5.39. The number of para-hydroxylation sites is 1. The van der Waals surface area contributed by atoms with Gasteiger partial charge in [0.1, 0.15) is 5.82 Å². The summed E-state index contributed by atoms with van der Waals surface area (Å²) in [6, 6.07) is 11.0. The Morgan fingerprint density at radius 1 is 1.10 bits per heavy atom. The van der Waals surface area contributed by atoms with Gasteiger partial charge in [-0.15, -0.1) is 0 Å². The van der Waals surface area contributed by atoms with Crippen molar-refractivity contribution < 1.29 is 27.1 Å². The Kier molecular flexibility index (Phi) is 7.46. The van der Waals surface area contributed by atoms with E-state index in [4.69, 9.17) is 4.74 Å². The van der Waals surface area contributed by atoms with Gasteiger partial charge in [0.25, 0.3) is 5.91 Å². The summed E-state index contributed by atoms with van der Waals surface area (Å²) in [6.07, 6.45) is -1.22. The number of carbonyl (C=O) groups excluding carboxylic acids is 2. The third-order valence-electron chi connectivity index (χ3n) is 4.20. The fourth-order valence-electron chi connectivity index (χ4n) is 2.58. The molecule has 2 rings (SSSR count). The Morgan fingerprint density at radius 2 is 1.76 bits per heavy atom. The molecule has 2 aromatic carbocycles. The summed E-state index contributed by atoms with van der Waals surface area (Å²) < 4.78 is 45.2. The summed E-state index contributed by atoms with van der Waals surface area (Å²) in [6.45, 7) is 5.36. The van der Waals surface area contributed by atoms with Crippen LogP contribution in [0.1, 0.15) is 31.1 Å². The Bertz CT molecular complexity index is 990. The van der Waals surface area contributed by atoms with Crippen molar-refractivity contribution in [2.24, 2.45) is 0 Å². The van der Waals surface area contributed by atoms with Crippen LogP contribution in [0.15, 0.2) is 53.4 Å². The summed E-state index contributed by atoms with van der Waals surface area (Å²) in [5.41, 5.74) is -0.0449. The van der Waals surface area contributed by atoms with Gasteiger partial charge in [-0.25, -0.2) is 17.6 Å². The van der Waals surface area contributed by atoms with E-state index in [1.54, 1.807) is 19.9 Å². The van der Waals surface area contributed by atoms with Gasteiger partial charge in [-0.05, 0) is 37.3 Å². The van der Waals surface area contributed by atoms with Crippen molar-refractivity contribution in [3.05, 3.63) is 59.9 Å². The van der Waals surface area contributed by atoms with Crippen molar-refractivity contribution in [3.8, 4) is 0 Å². The fraction of sp³-hybridized carbons (Fsp3) is 0.300. The lowest BCUT2D eigenvalue weighted by Gasteiger charge is -2.19. The number of rotatable bonds is 8. The third-order valence-corrected chi connectivity index (χ3v) is 6.24. The molecule has 0 radical (unpaired) electrons. The number of anilines is 1. The first-order valence-electron chi connectivity index (χ1n) is 9.07. The minimum atomic E-state index is -3.74. The molecule has 29 heavy (non-hydrogen) atoms. The number of nitrogens with one attached hydrogen (secondary N) is 1. The van der Waals surface area contributed by atoms with Crippen molar-refractivity contribution in [1.82, 2.24) is 4.31 Å². The molecule has 1 N–H and O–H groups in total. The highest BCUT2D eigenvalue weighted by Gasteiger charge is 2.24. The Balaban J connectivity index is 2.13. The SMILES string of the molecule is CCN(CC)S(=O)(=O)c1cccc(C(=O)OC(C)C(=O)Nc2ccccc2F)c1. The lowest BCUT2D eigenvalue weighted by Crippen LogP contribution is -2.31. The number of hydrogen-bond donors (Lipinski definition) is 1. The standard InChI is InChI=1S/C20H23FN2O5S/c1-4-23(5-2)29(26,27)16-10-8-9-15(13-16)20(25)28-14(3)19(24)22-18-12-7-6-11-17(18)21/h6-14H,4-5H2,1-3H3,(H,22,24). The maximum absolute atomic E-state index is 13.6. The molecular weight excluding hydrogens is 399 g/mol. The maximum atomic E-state index is 13.6. The molecule has 0 aliphatic carbocycles. The van der Waals surface area contributed by atoms with Gasteiger partial charge in [-0.1, -0.05) is 32.0 Å². The number of hydrogen-bond acceptors (Lipinski definition) is 5. The van der Waals surface area contributed by atoms with Crippen LogP contribution in [-0.4, -0.2) is 43.8 Å². The van der Waals surface area contributed by atoms with E-state index in [-0.39, 0.29) is 16.1 Å². The van der Waals surface area contributed by atoms with Crippen molar-refractivity contribution in [3.63, 3.8) is 0 Å². The van der Waals surface area contributed by atoms with E-state index in [1.165, 1.54) is 53.7 Å². The monoisotopic (exact) mass is 422 g/mol. The molecular formula is C20H23FN2O5S. The summed E-state index contributed by atoms with van der Waals surface area (Å²) in [5.74, 6) is -2.19. The highest BCUT2D eigenvalue weighted by Crippen LogP contribution is 2.18. The molecule has 0 aromatic heterocycles. The molecule has 0 bridgehead atoms. The number of esters is 1. The predicted octanol–water partition coefficient (Wildman–Crippen LogP) is 3.04. The normalized spacial score (nSPS) is 12.4. The first-order chi connectivity index (χ1) is 13.7. The molecule has 0 fully saturated rings. The van der Waals surface area contributed by atoms with Gasteiger partial charge in [-0.2, -0.15) is 4.31 Å². The molecule has 0 heterocycles. The number of halogens is 1. The van der Waals surface area contributed by atoms with Gasteiger partial charge in [0.15, 0.2) is 6.10 Å². The highest BCUT2D eigenvalue weighted by atomic mass is 32.2. The van der Waals surface area contributed by atoms with Crippen LogP contribution in [-0.2, 0) is 19.6 Å². The number of sulfonamides is 1. The molecule has 1 unspecified atom stereocenters. The lowest BCUT2D eigenvalue weighted by atomic mass is 10.2. The molecule has 2 aromatic rings. The molecule has 0 aliphatic rings. The van der Waals surface area contributed by atoms with Gasteiger partial charge in [0, 0.05) is 13.1 Å². The first kappa shape index (κ1) is 22.5. The predicted molar refractivity (Wildman–Crippen MR) is 106 cm³/mol. The molecule has 1 amide bonds. The van der Waals surface area contributed by atoms with Crippen molar-refractivity contribution in [2.45, 2.75) is 31.8 Å². The Hall–Kier alpha value is -2.78. The number of benzene rings is 2. The minimum Gasteiger partial charge on any atom is -0.449 e. The summed E-state index contributed by atoms with van der Waals surface area (Å²) in [7, 11) is -3.74. The van der Waals surface area contributed by atoms with Crippen LogP contribution < -0.4 is 5.32 Å².